The van der Waals surface area contributed by atoms with Crippen molar-refractivity contribution < 1.29 is 28.5 Å². The van der Waals surface area contributed by atoms with Crippen molar-refractivity contribution in [2.24, 2.45) is 0 Å². The van der Waals surface area contributed by atoms with Crippen LogP contribution in [0.2, 0.25) is 0 Å². The van der Waals surface area contributed by atoms with Gasteiger partial charge in [0, 0.05) is 0 Å². The van der Waals surface area contributed by atoms with Gasteiger partial charge < -0.3 is 28.5 Å². The Bertz CT molecular complexity index is 152. The first-order chi connectivity index (χ1) is 6.38. The minimum absolute atomic E-state index is 0.0348. The third kappa shape index (κ3) is 3.19. The van der Waals surface area contributed by atoms with E-state index in [1.165, 1.54) is 0 Å². The van der Waals surface area contributed by atoms with Crippen LogP contribution in [0, 0.1) is 0 Å². The van der Waals surface area contributed by atoms with Crippen molar-refractivity contribution in [2.45, 2.75) is 12.6 Å². The molecule has 74 valence electrons. The normalized spacial score (nSPS) is 27.4. The minimum Gasteiger partial charge on any atom is -0.340 e. The van der Waals surface area contributed by atoms with Gasteiger partial charge in [-0.15, -0.1) is 0 Å². The molecule has 0 amide bonds. The van der Waals surface area contributed by atoms with E-state index in [0.29, 0.717) is 12.6 Å². The lowest BCUT2D eigenvalue weighted by molar-refractivity contribution is -0.188. The molecule has 2 unspecified atom stereocenters. The molecule has 0 spiro atoms. The highest BCUT2D eigenvalue weighted by atomic mass is 16.9. The molecular weight excluding hydrogens is 180 g/mol. The Morgan fingerprint density at radius 3 is 1.92 bits per heavy atom. The smallest absolute Gasteiger partial charge is 0.212 e. The number of hydrogen-bond donors (Lipinski definition) is 0. The highest BCUT2D eigenvalue weighted by Crippen LogP contribution is 2.14. The van der Waals surface area contributed by atoms with Crippen LogP contribution < -0.4 is 0 Å². The van der Waals surface area contributed by atoms with Crippen LogP contribution in [0.25, 0.3) is 0 Å². The van der Waals surface area contributed by atoms with E-state index in [1.807, 2.05) is 0 Å². The molecule has 0 aliphatic carbocycles. The first-order valence-electron chi connectivity index (χ1n) is 3.72. The Balaban J connectivity index is 2.25. The van der Waals surface area contributed by atoms with Crippen molar-refractivity contribution in [3.05, 3.63) is 0 Å². The average Bonchev–Trinajstić information content (AvgIpc) is 2.59. The first-order valence-corrected chi connectivity index (χ1v) is 3.72. The van der Waals surface area contributed by atoms with Crippen LogP contribution in [0.3, 0.4) is 0 Å². The molecule has 1 fully saturated rings. The summed E-state index contributed by atoms with van der Waals surface area (Å²) in [5.41, 5.74) is 0. The molecule has 2 atom stereocenters. The number of carbonyl (C=O) groups excluding carboxylic acids is 2. The van der Waals surface area contributed by atoms with Crippen molar-refractivity contribution >= 4 is 12.6 Å². The van der Waals surface area contributed by atoms with E-state index in [4.69, 9.17) is 18.9 Å². The van der Waals surface area contributed by atoms with Crippen LogP contribution >= 0.6 is 0 Å². The van der Waals surface area contributed by atoms with Gasteiger partial charge in [0.15, 0.2) is 6.79 Å². The zero-order chi connectivity index (χ0) is 9.52. The molecule has 1 rings (SSSR count). The van der Waals surface area contributed by atoms with Gasteiger partial charge in [0.05, 0.1) is 0 Å². The molecular formula is C7H10O6. The maximum atomic E-state index is 9.96. The highest BCUT2D eigenvalue weighted by Gasteiger charge is 2.30. The third-order valence-corrected chi connectivity index (χ3v) is 1.34. The van der Waals surface area contributed by atoms with Gasteiger partial charge in [-0.3, -0.25) is 0 Å². The van der Waals surface area contributed by atoms with Crippen molar-refractivity contribution in [3.63, 3.8) is 0 Å². The molecule has 6 nitrogen and oxygen atoms in total. The number of carbonyl (C=O) groups is 2. The van der Waals surface area contributed by atoms with Crippen LogP contribution in [-0.2, 0) is 28.5 Å². The van der Waals surface area contributed by atoms with Gasteiger partial charge in [-0.05, 0) is 0 Å². The van der Waals surface area contributed by atoms with Gasteiger partial charge >= 0.3 is 0 Å². The molecule has 0 radical (unpaired) electrons. The van der Waals surface area contributed by atoms with Gasteiger partial charge in [0.25, 0.3) is 0 Å². The Kier molecular flexibility index (Phi) is 4.55. The zero-order valence-electron chi connectivity index (χ0n) is 6.88. The van der Waals surface area contributed by atoms with E-state index in [0.717, 1.165) is 0 Å². The molecule has 1 saturated heterocycles. The maximum Gasteiger partial charge on any atom is 0.212 e. The topological polar surface area (TPSA) is 71.1 Å². The van der Waals surface area contributed by atoms with Crippen LogP contribution in [0.4, 0.5) is 0 Å². The van der Waals surface area contributed by atoms with E-state index in [-0.39, 0.29) is 20.0 Å². The summed E-state index contributed by atoms with van der Waals surface area (Å²) >= 11 is 0. The molecule has 13 heavy (non-hydrogen) atoms. The zero-order valence-corrected chi connectivity index (χ0v) is 6.88. The number of hydrogen-bond acceptors (Lipinski definition) is 6. The average molecular weight is 190 g/mol. The molecule has 0 aromatic rings. The fourth-order valence-corrected chi connectivity index (χ4v) is 0.852. The van der Waals surface area contributed by atoms with Gasteiger partial charge in [0.2, 0.25) is 12.6 Å². The molecule has 0 aromatic heterocycles. The molecule has 0 saturated carbocycles. The summed E-state index contributed by atoms with van der Waals surface area (Å²) in [5.74, 6) is 0. The largest absolute Gasteiger partial charge is 0.340 e. The monoisotopic (exact) mass is 190 g/mol. The predicted molar refractivity (Wildman–Crippen MR) is 38.6 cm³/mol. The Morgan fingerprint density at radius 2 is 1.54 bits per heavy atom. The summed E-state index contributed by atoms with van der Waals surface area (Å²) < 4.78 is 19.7. The van der Waals surface area contributed by atoms with Gasteiger partial charge in [-0.1, -0.05) is 0 Å². The minimum atomic E-state index is -0.731. The summed E-state index contributed by atoms with van der Waals surface area (Å²) in [4.78, 5) is 19.9. The van der Waals surface area contributed by atoms with Crippen LogP contribution in [-0.4, -0.2) is 45.2 Å². The second-order valence-corrected chi connectivity index (χ2v) is 2.19. The lowest BCUT2D eigenvalue weighted by atomic mass is 10.6. The molecule has 1 heterocycles. The number of ether oxygens (including phenoxy) is 4. The Hall–Kier alpha value is -0.820. The van der Waals surface area contributed by atoms with E-state index in [9.17, 15) is 9.59 Å². The van der Waals surface area contributed by atoms with Crippen LogP contribution in [0.5, 0.6) is 0 Å². The molecule has 1 aliphatic rings. The summed E-state index contributed by atoms with van der Waals surface area (Å²) in [5, 5.41) is 0. The Morgan fingerprint density at radius 1 is 1.08 bits per heavy atom. The summed E-state index contributed by atoms with van der Waals surface area (Å²) in [6, 6.07) is 0. The van der Waals surface area contributed by atoms with Crippen molar-refractivity contribution in [1.82, 2.24) is 0 Å². The van der Waals surface area contributed by atoms with E-state index in [2.05, 4.69) is 0 Å². The summed E-state index contributed by atoms with van der Waals surface area (Å²) in [6.07, 6.45) is -0.271. The first kappa shape index (κ1) is 10.3. The third-order valence-electron chi connectivity index (χ3n) is 1.34. The quantitative estimate of drug-likeness (QED) is 0.504. The second kappa shape index (κ2) is 5.76. The summed E-state index contributed by atoms with van der Waals surface area (Å²) in [6.45, 7) is -0.142. The number of rotatable bonds is 6. The molecule has 6 heteroatoms. The van der Waals surface area contributed by atoms with Crippen molar-refractivity contribution in [2.75, 3.05) is 20.0 Å². The fraction of sp³-hybridized carbons (Fsp3) is 0.714. The molecule has 0 N–H and O–H groups in total. The molecule has 0 bridgehead atoms. The van der Waals surface area contributed by atoms with Gasteiger partial charge in [0.1, 0.15) is 25.8 Å². The summed E-state index contributed by atoms with van der Waals surface area (Å²) in [7, 11) is 0. The van der Waals surface area contributed by atoms with E-state index >= 15 is 0 Å². The Labute approximate surface area is 74.7 Å². The SMILES string of the molecule is O=CCOC1OCOC1OCC=O. The fourth-order valence-electron chi connectivity index (χ4n) is 0.852. The van der Waals surface area contributed by atoms with Crippen LogP contribution in [0.1, 0.15) is 0 Å². The van der Waals surface area contributed by atoms with Crippen molar-refractivity contribution in [1.29, 1.82) is 0 Å². The predicted octanol–water partition coefficient (Wildman–Crippen LogP) is -0.926. The highest BCUT2D eigenvalue weighted by molar-refractivity contribution is 5.50. The van der Waals surface area contributed by atoms with Crippen molar-refractivity contribution in [3.8, 4) is 0 Å². The maximum absolute atomic E-state index is 9.96. The lowest BCUT2D eigenvalue weighted by Crippen LogP contribution is -2.29. The van der Waals surface area contributed by atoms with Gasteiger partial charge in [-0.25, -0.2) is 0 Å². The lowest BCUT2D eigenvalue weighted by Gasteiger charge is -2.14. The van der Waals surface area contributed by atoms with Crippen LogP contribution in [0.15, 0.2) is 0 Å². The van der Waals surface area contributed by atoms with E-state index in [1.54, 1.807) is 0 Å². The van der Waals surface area contributed by atoms with Gasteiger partial charge in [-0.2, -0.15) is 0 Å². The molecule has 0 aromatic carbocycles. The standard InChI is InChI=1S/C7H10O6/c8-1-3-10-6-7(11-4-2-9)13-5-12-6/h1-2,6-7H,3-5H2. The second-order valence-electron chi connectivity index (χ2n) is 2.19. The van der Waals surface area contributed by atoms with E-state index < -0.39 is 12.6 Å². The number of aldehydes is 2. The molecule has 1 aliphatic heterocycles.